The lowest BCUT2D eigenvalue weighted by atomic mass is 10.1. The molecule has 0 aromatic heterocycles. The number of hydrogen-bond donors (Lipinski definition) is 3. The number of ether oxygens (including phenoxy) is 1. The van der Waals surface area contributed by atoms with Crippen molar-refractivity contribution in [1.82, 2.24) is 15.5 Å². The Morgan fingerprint density at radius 2 is 1.51 bits per heavy atom. The van der Waals surface area contributed by atoms with Crippen molar-refractivity contribution in [2.45, 2.75) is 69.8 Å². The molecule has 1 saturated heterocycles. The van der Waals surface area contributed by atoms with Gasteiger partial charge in [-0.1, -0.05) is 85.0 Å². The average molecular weight is 887 g/mol. The number of ketones is 1. The van der Waals surface area contributed by atoms with Crippen molar-refractivity contribution in [3.63, 3.8) is 0 Å². The van der Waals surface area contributed by atoms with Crippen molar-refractivity contribution in [2.75, 3.05) is 26.7 Å². The Kier molecular flexibility index (Phi) is 22.3. The van der Waals surface area contributed by atoms with Gasteiger partial charge in [-0.15, -0.1) is 0 Å². The van der Waals surface area contributed by atoms with Crippen LogP contribution in [0.25, 0.3) is 0 Å². The van der Waals surface area contributed by atoms with Gasteiger partial charge in [-0.05, 0) is 72.9 Å². The molecule has 1 unspecified atom stereocenters. The molecular formula is C38H43Cl3F5N3O7S. The summed E-state index contributed by atoms with van der Waals surface area (Å²) in [4.78, 5) is 49.1. The third-order valence-electron chi connectivity index (χ3n) is 7.22. The maximum Gasteiger partial charge on any atom is 0.405 e. The lowest BCUT2D eigenvalue weighted by Gasteiger charge is -2.24. The minimum absolute atomic E-state index is 0.0699. The first-order valence-electron chi connectivity index (χ1n) is 17.1. The molecule has 3 N–H and O–H groups in total. The number of likely N-dealkylation sites (tertiary alicyclic amines) is 1. The molecule has 3 aromatic rings. The zero-order chi connectivity index (χ0) is 43.3. The Morgan fingerprint density at radius 3 is 2.02 bits per heavy atom. The van der Waals surface area contributed by atoms with E-state index in [4.69, 9.17) is 50.3 Å². The van der Waals surface area contributed by atoms with Gasteiger partial charge in [0.25, 0.3) is 5.91 Å². The summed E-state index contributed by atoms with van der Waals surface area (Å²) in [5.74, 6) is -9.21. The highest BCUT2D eigenvalue weighted by Crippen LogP contribution is 2.23. The van der Waals surface area contributed by atoms with E-state index in [0.29, 0.717) is 33.7 Å². The van der Waals surface area contributed by atoms with E-state index in [1.807, 2.05) is 29.6 Å². The molecule has 1 aliphatic heterocycles. The van der Waals surface area contributed by atoms with Gasteiger partial charge in [0.05, 0.1) is 19.4 Å². The number of phenolic OH excluding ortho intramolecular Hbond substituents is 1. The fraction of sp³-hybridized carbons (Fsp3) is 0.395. The normalized spacial score (nSPS) is 13.3. The highest BCUT2D eigenvalue weighted by Gasteiger charge is 2.48. The number of rotatable bonds is 11. The first-order chi connectivity index (χ1) is 26.6. The summed E-state index contributed by atoms with van der Waals surface area (Å²) in [7, 11) is 0.341. The molecule has 3 amide bonds. The number of aryl methyl sites for hydroxylation is 1. The van der Waals surface area contributed by atoms with Gasteiger partial charge in [-0.25, -0.2) is 4.21 Å². The van der Waals surface area contributed by atoms with Crippen LogP contribution in [0.4, 0.5) is 22.0 Å². The van der Waals surface area contributed by atoms with Crippen LogP contribution in [0.3, 0.4) is 0 Å². The summed E-state index contributed by atoms with van der Waals surface area (Å²) in [5, 5.41) is 13.1. The molecule has 57 heavy (non-hydrogen) atoms. The number of amides is 3. The van der Waals surface area contributed by atoms with Gasteiger partial charge >= 0.3 is 12.1 Å². The van der Waals surface area contributed by atoms with E-state index in [2.05, 4.69) is 13.8 Å². The van der Waals surface area contributed by atoms with Crippen LogP contribution in [0.15, 0.2) is 66.7 Å². The van der Waals surface area contributed by atoms with E-state index < -0.39 is 59.0 Å². The molecule has 0 saturated carbocycles. The number of hydrogen-bond acceptors (Lipinski definition) is 7. The van der Waals surface area contributed by atoms with E-state index in [9.17, 15) is 45.3 Å². The van der Waals surface area contributed by atoms with Gasteiger partial charge < -0.3 is 25.4 Å². The van der Waals surface area contributed by atoms with Crippen LogP contribution in [0.1, 0.15) is 50.7 Å². The molecule has 1 fully saturated rings. The number of benzene rings is 3. The molecule has 3 aromatic carbocycles. The Bertz CT molecular complexity index is 1870. The van der Waals surface area contributed by atoms with Crippen molar-refractivity contribution in [3.8, 4) is 17.2 Å². The minimum Gasteiger partial charge on any atom is -0.508 e. The predicted octanol–water partition coefficient (Wildman–Crippen LogP) is 7.91. The Morgan fingerprint density at radius 1 is 0.912 bits per heavy atom. The number of alkyl halides is 5. The number of nitrogens with one attached hydrogen (secondary N) is 2. The van der Waals surface area contributed by atoms with Crippen LogP contribution in [-0.2, 0) is 41.6 Å². The van der Waals surface area contributed by atoms with Gasteiger partial charge in [0.1, 0.15) is 24.1 Å². The van der Waals surface area contributed by atoms with Crippen LogP contribution >= 0.6 is 34.8 Å². The molecule has 314 valence electrons. The highest BCUT2D eigenvalue weighted by molar-refractivity contribution is 7.73. The number of Topliss-reactive ketones (excluding diaryl/α,β-unsaturated/α-hetero) is 1. The monoisotopic (exact) mass is 885 g/mol. The lowest BCUT2D eigenvalue weighted by molar-refractivity contribution is -0.163. The van der Waals surface area contributed by atoms with Gasteiger partial charge in [0, 0.05) is 38.2 Å². The van der Waals surface area contributed by atoms with Crippen LogP contribution in [0.2, 0.25) is 15.1 Å². The molecule has 1 aliphatic rings. The fourth-order valence-electron chi connectivity index (χ4n) is 4.66. The quantitative estimate of drug-likeness (QED) is 0.131. The van der Waals surface area contributed by atoms with E-state index >= 15 is 0 Å². The number of carbonyl (C=O) groups is 4. The summed E-state index contributed by atoms with van der Waals surface area (Å²) >= 11 is 16.9. The van der Waals surface area contributed by atoms with E-state index in [-0.39, 0.29) is 31.0 Å². The maximum absolute atomic E-state index is 13.8. The summed E-state index contributed by atoms with van der Waals surface area (Å²) in [6.07, 6.45) is -2.53. The largest absolute Gasteiger partial charge is 0.508 e. The van der Waals surface area contributed by atoms with Gasteiger partial charge in [0.15, 0.2) is 0 Å². The van der Waals surface area contributed by atoms with E-state index in [0.717, 1.165) is 22.2 Å². The SMILES string of the molecule is C#S(=O)Cc1ccc(OC)cc1.CCC.O=C(NCC(=O)C(F)(F)C(=O)NCC(F)(F)F)C1CCCN1C(=O)CCc1cccc(Cl)c1.Oc1cc(Cl)cc(Cl)c1. The summed E-state index contributed by atoms with van der Waals surface area (Å²) < 4.78 is 79.3. The zero-order valence-electron chi connectivity index (χ0n) is 31.1. The standard InChI is InChI=1S/C20H21ClF5N3O4.C9H10O2S.C6H4Cl2O.C3H8/c21-13-4-1-3-12(9-13)6-7-16(31)29-8-2-5-14(29)17(32)27-10-15(30)20(25,26)18(33)28-11-19(22,23)24;1-11-9-5-3-8(4-6-9)7-12(2)10;7-4-1-5(8)3-6(9)2-4;1-3-2/h1,3-4,9,14H,2,5-8,10-11H2,(H,27,32)(H,28,33);2-6H,7H2,1H3;1-3,9H;3H2,1-2H3. The molecule has 10 nitrogen and oxygen atoms in total. The third kappa shape index (κ3) is 20.1. The summed E-state index contributed by atoms with van der Waals surface area (Å²) in [6.45, 7) is 1.19. The molecule has 0 bridgehead atoms. The number of carbonyl (C=O) groups excluding carboxylic acids is 4. The number of phenols is 1. The second kappa shape index (κ2) is 25.1. The second-order valence-corrected chi connectivity index (χ2v) is 14.5. The number of halogens is 8. The molecule has 0 radical (unpaired) electrons. The molecule has 1 atom stereocenters. The van der Waals surface area contributed by atoms with Gasteiger partial charge in [0.2, 0.25) is 17.6 Å². The zero-order valence-corrected chi connectivity index (χ0v) is 34.2. The molecule has 4 rings (SSSR count). The second-order valence-electron chi connectivity index (χ2n) is 12.1. The van der Waals surface area contributed by atoms with Crippen LogP contribution in [-0.4, -0.2) is 82.6 Å². The van der Waals surface area contributed by atoms with Crippen molar-refractivity contribution in [2.24, 2.45) is 0 Å². The van der Waals surface area contributed by atoms with Crippen molar-refractivity contribution in [3.05, 3.63) is 92.9 Å². The van der Waals surface area contributed by atoms with Crippen molar-refractivity contribution in [1.29, 1.82) is 0 Å². The summed E-state index contributed by atoms with van der Waals surface area (Å²) in [5.41, 5.74) is 6.90. The number of methoxy groups -OCH3 is 1. The van der Waals surface area contributed by atoms with Gasteiger partial charge in [-0.2, -0.15) is 22.0 Å². The van der Waals surface area contributed by atoms with Crippen LogP contribution in [0, 0.1) is 5.69 Å². The number of aromatic hydroxyl groups is 1. The number of nitrogens with zero attached hydrogens (tertiary/aromatic N) is 1. The van der Waals surface area contributed by atoms with Crippen LogP contribution in [0.5, 0.6) is 11.5 Å². The smallest absolute Gasteiger partial charge is 0.405 e. The topological polar surface area (TPSA) is 142 Å². The maximum atomic E-state index is 13.8. The van der Waals surface area contributed by atoms with Crippen molar-refractivity contribution < 1.29 is 55.2 Å². The minimum atomic E-state index is -4.94. The molecule has 19 heteroatoms. The molecule has 0 spiro atoms. The highest BCUT2D eigenvalue weighted by atomic mass is 35.5. The van der Waals surface area contributed by atoms with Crippen molar-refractivity contribution >= 4 is 68.5 Å². The van der Waals surface area contributed by atoms with E-state index in [1.54, 1.807) is 37.4 Å². The van der Waals surface area contributed by atoms with Crippen LogP contribution < -0.4 is 15.4 Å². The first-order valence-corrected chi connectivity index (χ1v) is 19.6. The molecule has 1 heterocycles. The average Bonchev–Trinajstić information content (AvgIpc) is 3.62. The molecular weight excluding hydrogens is 844 g/mol. The lowest BCUT2D eigenvalue weighted by Crippen LogP contribution is -2.53. The fourth-order valence-corrected chi connectivity index (χ4v) is 5.91. The van der Waals surface area contributed by atoms with E-state index in [1.165, 1.54) is 23.5 Å². The third-order valence-corrected chi connectivity index (χ3v) is 8.50. The Balaban J connectivity index is 0.000000544. The Hall–Kier alpha value is -4.34. The summed E-state index contributed by atoms with van der Waals surface area (Å²) in [6, 6.07) is 17.6. The van der Waals surface area contributed by atoms with Gasteiger partial charge in [-0.3, -0.25) is 19.2 Å². The Labute approximate surface area is 344 Å². The molecule has 0 aliphatic carbocycles. The first kappa shape index (κ1) is 50.7. The predicted molar refractivity (Wildman–Crippen MR) is 210 cm³/mol.